The number of alkyl halides is 1. The van der Waals surface area contributed by atoms with Gasteiger partial charge in [0.2, 0.25) is 5.67 Å². The minimum absolute atomic E-state index is 0.0104. The molecule has 8 heteroatoms. The van der Waals surface area contributed by atoms with Crippen LogP contribution in [0.5, 0.6) is 0 Å². The third kappa shape index (κ3) is 2.48. The summed E-state index contributed by atoms with van der Waals surface area (Å²) in [5, 5.41) is 11.6. The molecule has 2 aliphatic rings. The summed E-state index contributed by atoms with van der Waals surface area (Å²) in [7, 11) is 0. The highest BCUT2D eigenvalue weighted by atomic mass is 19.1. The largest absolute Gasteiger partial charge is 0.336 e. The van der Waals surface area contributed by atoms with E-state index in [1.54, 1.807) is 0 Å². The van der Waals surface area contributed by atoms with Gasteiger partial charge in [0.05, 0.1) is 12.1 Å². The first-order valence-corrected chi connectivity index (χ1v) is 8.89. The average molecular weight is 355 g/mol. The first-order chi connectivity index (χ1) is 12.6. The molecule has 1 aromatic carbocycles. The van der Waals surface area contributed by atoms with Crippen LogP contribution in [0.2, 0.25) is 0 Å². The smallest absolute Gasteiger partial charge is 0.275 e. The lowest BCUT2D eigenvalue weighted by Crippen LogP contribution is -2.46. The number of benzene rings is 1. The fraction of sp³-hybridized carbons (Fsp3) is 0.444. The van der Waals surface area contributed by atoms with Crippen LogP contribution in [0.4, 0.5) is 4.39 Å². The number of nitrogens with one attached hydrogen (secondary N) is 1. The van der Waals surface area contributed by atoms with Crippen LogP contribution in [0.25, 0.3) is 10.9 Å². The van der Waals surface area contributed by atoms with Gasteiger partial charge in [0, 0.05) is 17.8 Å². The zero-order valence-electron chi connectivity index (χ0n) is 14.1. The number of carbonyl (C=O) groups is 1. The van der Waals surface area contributed by atoms with E-state index in [0.717, 1.165) is 23.7 Å². The van der Waals surface area contributed by atoms with Crippen molar-refractivity contribution in [2.75, 3.05) is 13.1 Å². The van der Waals surface area contributed by atoms with Crippen molar-refractivity contribution >= 4 is 16.8 Å². The minimum Gasteiger partial charge on any atom is -0.336 e. The van der Waals surface area contributed by atoms with E-state index in [1.165, 1.54) is 4.90 Å². The number of amides is 1. The monoisotopic (exact) mass is 355 g/mol. The third-order valence-corrected chi connectivity index (χ3v) is 5.17. The topological polar surface area (TPSA) is 87.9 Å². The number of hydrogen-bond acceptors (Lipinski definition) is 5. The molecule has 1 aliphatic heterocycles. The summed E-state index contributed by atoms with van der Waals surface area (Å²) in [6, 6.07) is 7.41. The van der Waals surface area contributed by atoms with Gasteiger partial charge in [0.1, 0.15) is 0 Å². The van der Waals surface area contributed by atoms with Crippen molar-refractivity contribution in [2.45, 2.75) is 37.3 Å². The third-order valence-electron chi connectivity index (χ3n) is 5.17. The van der Waals surface area contributed by atoms with Crippen molar-refractivity contribution in [1.29, 1.82) is 0 Å². The Morgan fingerprint density at radius 1 is 1.35 bits per heavy atom. The van der Waals surface area contributed by atoms with E-state index in [0.29, 0.717) is 30.4 Å². The number of para-hydroxylation sites is 1. The molecule has 26 heavy (non-hydrogen) atoms. The molecule has 1 saturated heterocycles. The molecule has 3 aromatic rings. The first kappa shape index (κ1) is 15.5. The standard InChI is InChI=1S/C18H18FN5O2/c19-18(17-20-15(23-26-17)11-6-7-11)8-3-9-24(10-18)16(25)14-12-4-1-2-5-13(12)21-22-14/h1-2,4-5,11H,3,6-10H2,(H,21,22). The van der Waals surface area contributed by atoms with E-state index in [1.807, 2.05) is 24.3 Å². The van der Waals surface area contributed by atoms with Gasteiger partial charge < -0.3 is 9.42 Å². The number of likely N-dealkylation sites (tertiary alicyclic amines) is 1. The maximum Gasteiger partial charge on any atom is 0.275 e. The molecule has 1 atom stereocenters. The molecule has 2 aromatic heterocycles. The first-order valence-electron chi connectivity index (χ1n) is 8.89. The second kappa shape index (κ2) is 5.62. The van der Waals surface area contributed by atoms with Crippen LogP contribution in [0.1, 0.15) is 53.8 Å². The lowest BCUT2D eigenvalue weighted by atomic mass is 9.94. The fourth-order valence-electron chi connectivity index (χ4n) is 3.56. The van der Waals surface area contributed by atoms with Crippen LogP contribution in [-0.2, 0) is 5.67 Å². The number of H-pyrrole nitrogens is 1. The quantitative estimate of drug-likeness (QED) is 0.780. The number of carbonyl (C=O) groups excluding carboxylic acids is 1. The lowest BCUT2D eigenvalue weighted by molar-refractivity contribution is 0.0150. The van der Waals surface area contributed by atoms with Gasteiger partial charge in [-0.05, 0) is 31.7 Å². The Labute approximate surface area is 148 Å². The van der Waals surface area contributed by atoms with Crippen LogP contribution >= 0.6 is 0 Å². The maximum atomic E-state index is 15.5. The second-order valence-corrected chi connectivity index (χ2v) is 7.15. The normalized spacial score (nSPS) is 23.5. The van der Waals surface area contributed by atoms with E-state index in [4.69, 9.17) is 4.52 Å². The molecular formula is C18H18FN5O2. The van der Waals surface area contributed by atoms with Crippen molar-refractivity contribution in [1.82, 2.24) is 25.2 Å². The van der Waals surface area contributed by atoms with Gasteiger partial charge in [-0.1, -0.05) is 23.4 Å². The molecule has 1 unspecified atom stereocenters. The van der Waals surface area contributed by atoms with Crippen LogP contribution in [0.3, 0.4) is 0 Å². The van der Waals surface area contributed by atoms with E-state index >= 15 is 4.39 Å². The molecule has 1 aliphatic carbocycles. The number of aromatic nitrogens is 4. The molecular weight excluding hydrogens is 337 g/mol. The van der Waals surface area contributed by atoms with E-state index in [2.05, 4.69) is 20.3 Å². The lowest BCUT2D eigenvalue weighted by Gasteiger charge is -2.34. The van der Waals surface area contributed by atoms with Gasteiger partial charge >= 0.3 is 0 Å². The van der Waals surface area contributed by atoms with Crippen molar-refractivity contribution in [2.24, 2.45) is 0 Å². The summed E-state index contributed by atoms with van der Waals surface area (Å²) in [6.07, 6.45) is 2.85. The summed E-state index contributed by atoms with van der Waals surface area (Å²) < 4.78 is 20.8. The molecule has 1 N–H and O–H groups in total. The van der Waals surface area contributed by atoms with Crippen molar-refractivity contribution < 1.29 is 13.7 Å². The molecule has 134 valence electrons. The highest BCUT2D eigenvalue weighted by Gasteiger charge is 2.45. The number of nitrogens with zero attached hydrogens (tertiary/aromatic N) is 4. The summed E-state index contributed by atoms with van der Waals surface area (Å²) in [5.74, 6) is 0.585. The Hall–Kier alpha value is -2.77. The van der Waals surface area contributed by atoms with E-state index in [-0.39, 0.29) is 24.8 Å². The molecule has 0 spiro atoms. The van der Waals surface area contributed by atoms with Crippen molar-refractivity contribution in [3.63, 3.8) is 0 Å². The number of piperidine rings is 1. The molecule has 5 rings (SSSR count). The SMILES string of the molecule is O=C(c1n[nH]c2ccccc12)N1CCCC(F)(c2nc(C3CC3)no2)C1. The maximum absolute atomic E-state index is 15.5. The highest BCUT2D eigenvalue weighted by molar-refractivity contribution is 6.04. The fourth-order valence-corrected chi connectivity index (χ4v) is 3.56. The molecule has 7 nitrogen and oxygen atoms in total. The van der Waals surface area contributed by atoms with E-state index < -0.39 is 5.67 Å². The van der Waals surface area contributed by atoms with Gasteiger partial charge in [-0.2, -0.15) is 10.1 Å². The van der Waals surface area contributed by atoms with Crippen LogP contribution in [-0.4, -0.2) is 44.2 Å². The second-order valence-electron chi connectivity index (χ2n) is 7.15. The zero-order chi connectivity index (χ0) is 17.7. The Bertz CT molecular complexity index is 979. The van der Waals surface area contributed by atoms with E-state index in [9.17, 15) is 4.79 Å². The zero-order valence-corrected chi connectivity index (χ0v) is 14.1. The number of hydrogen-bond donors (Lipinski definition) is 1. The summed E-state index contributed by atoms with van der Waals surface area (Å²) >= 11 is 0. The van der Waals surface area contributed by atoms with Gasteiger partial charge in [0.25, 0.3) is 11.8 Å². The van der Waals surface area contributed by atoms with Gasteiger partial charge in [-0.25, -0.2) is 4.39 Å². The van der Waals surface area contributed by atoms with Crippen molar-refractivity contribution in [3.05, 3.63) is 41.7 Å². The number of rotatable bonds is 3. The summed E-state index contributed by atoms with van der Waals surface area (Å²) in [5.41, 5.74) is -0.709. The predicted molar refractivity (Wildman–Crippen MR) is 90.3 cm³/mol. The molecule has 2 fully saturated rings. The Morgan fingerprint density at radius 3 is 3.04 bits per heavy atom. The van der Waals surface area contributed by atoms with Crippen LogP contribution in [0.15, 0.2) is 28.8 Å². The Kier molecular flexibility index (Phi) is 3.35. The van der Waals surface area contributed by atoms with Gasteiger partial charge in [-0.3, -0.25) is 9.89 Å². The van der Waals surface area contributed by atoms with Gasteiger partial charge in [0.15, 0.2) is 11.5 Å². The molecule has 1 saturated carbocycles. The number of halogens is 1. The number of fused-ring (bicyclic) bond motifs is 1. The minimum atomic E-state index is -1.81. The number of aromatic amines is 1. The van der Waals surface area contributed by atoms with Crippen molar-refractivity contribution in [3.8, 4) is 0 Å². The molecule has 1 amide bonds. The summed E-state index contributed by atoms with van der Waals surface area (Å²) in [6.45, 7) is 0.384. The molecule has 3 heterocycles. The Balaban J connectivity index is 1.41. The predicted octanol–water partition coefficient (Wildman–Crippen LogP) is 2.92. The molecule has 0 radical (unpaired) electrons. The van der Waals surface area contributed by atoms with Crippen LogP contribution < -0.4 is 0 Å². The Morgan fingerprint density at radius 2 is 2.19 bits per heavy atom. The highest BCUT2D eigenvalue weighted by Crippen LogP contribution is 2.41. The molecule has 0 bridgehead atoms. The summed E-state index contributed by atoms with van der Waals surface area (Å²) in [4.78, 5) is 18.7. The average Bonchev–Trinajstić information content (AvgIpc) is 3.22. The van der Waals surface area contributed by atoms with Gasteiger partial charge in [-0.15, -0.1) is 0 Å². The van der Waals surface area contributed by atoms with Crippen LogP contribution in [0, 0.1) is 0 Å².